The van der Waals surface area contributed by atoms with Gasteiger partial charge in [0.05, 0.1) is 0 Å². The largest absolute Gasteiger partial charge is 0.360 e. The molecule has 0 saturated heterocycles. The van der Waals surface area contributed by atoms with E-state index in [1.54, 1.807) is 6.20 Å². The van der Waals surface area contributed by atoms with Gasteiger partial charge in [-0.25, -0.2) is 0 Å². The summed E-state index contributed by atoms with van der Waals surface area (Å²) in [6.45, 7) is 0. The number of carbonyl (C=O) groups is 1. The van der Waals surface area contributed by atoms with Crippen LogP contribution in [0.2, 0.25) is 0 Å². The molecule has 0 unspecified atom stereocenters. The van der Waals surface area contributed by atoms with Crippen molar-refractivity contribution < 1.29 is 4.79 Å². The van der Waals surface area contributed by atoms with Gasteiger partial charge in [0, 0.05) is 17.5 Å². The Morgan fingerprint density at radius 3 is 2.54 bits per heavy atom. The van der Waals surface area contributed by atoms with Gasteiger partial charge in [-0.2, -0.15) is 0 Å². The number of nitrogens with one attached hydrogen (secondary N) is 1. The zero-order valence-electron chi connectivity index (χ0n) is 7.03. The molecule has 0 aliphatic rings. The fourth-order valence-electron chi connectivity index (χ4n) is 1.26. The Hall–Kier alpha value is -1.83. The topological polar surface area (TPSA) is 32.9 Å². The molecule has 2 nitrogen and oxygen atoms in total. The van der Waals surface area contributed by atoms with Gasteiger partial charge in [0.25, 0.3) is 0 Å². The van der Waals surface area contributed by atoms with Crippen molar-refractivity contribution in [2.24, 2.45) is 0 Å². The number of hydrogen-bond acceptors (Lipinski definition) is 1. The lowest BCUT2D eigenvalue weighted by Crippen LogP contribution is -1.73. The predicted octanol–water partition coefficient (Wildman–Crippen LogP) is 2.49. The van der Waals surface area contributed by atoms with Crippen molar-refractivity contribution in [1.29, 1.82) is 0 Å². The third-order valence-electron chi connectivity index (χ3n) is 1.93. The number of aromatic amines is 1. The Morgan fingerprint density at radius 2 is 1.92 bits per heavy atom. The van der Waals surface area contributed by atoms with E-state index in [-0.39, 0.29) is 0 Å². The highest BCUT2D eigenvalue weighted by Crippen LogP contribution is 2.17. The minimum absolute atomic E-state index is 0.679. The second-order valence-electron chi connectivity index (χ2n) is 2.83. The number of aldehydes is 1. The number of aromatic nitrogens is 1. The molecule has 0 atom stereocenters. The average molecular weight is 171 g/mol. The number of H-pyrrole nitrogens is 1. The van der Waals surface area contributed by atoms with Gasteiger partial charge in [-0.05, 0) is 11.6 Å². The first-order valence-electron chi connectivity index (χ1n) is 4.09. The maximum Gasteiger partial charge on any atom is 0.151 e. The van der Waals surface area contributed by atoms with E-state index in [4.69, 9.17) is 0 Å². The normalized spacial score (nSPS) is 9.85. The van der Waals surface area contributed by atoms with Gasteiger partial charge in [0.1, 0.15) is 0 Å². The fourth-order valence-corrected chi connectivity index (χ4v) is 1.26. The summed E-state index contributed by atoms with van der Waals surface area (Å²) in [7, 11) is 0. The van der Waals surface area contributed by atoms with Gasteiger partial charge < -0.3 is 4.98 Å². The fraction of sp³-hybridized carbons (Fsp3) is 0. The van der Waals surface area contributed by atoms with Crippen LogP contribution < -0.4 is 0 Å². The summed E-state index contributed by atoms with van der Waals surface area (Å²) in [6.07, 6.45) is 2.54. The SMILES string of the molecule is O=Cc1c[nH]c(-c2ccccc2)c1. The van der Waals surface area contributed by atoms with Crippen LogP contribution in [0.25, 0.3) is 11.3 Å². The zero-order valence-corrected chi connectivity index (χ0v) is 7.03. The van der Waals surface area contributed by atoms with Gasteiger partial charge in [-0.1, -0.05) is 30.3 Å². The number of benzene rings is 1. The van der Waals surface area contributed by atoms with Crippen molar-refractivity contribution >= 4 is 6.29 Å². The molecule has 1 aromatic heterocycles. The number of hydrogen-bond donors (Lipinski definition) is 1. The third kappa shape index (κ3) is 1.51. The minimum atomic E-state index is 0.679. The predicted molar refractivity (Wildman–Crippen MR) is 51.6 cm³/mol. The maximum absolute atomic E-state index is 10.4. The molecule has 0 amide bonds. The van der Waals surface area contributed by atoms with Crippen molar-refractivity contribution in [3.05, 3.63) is 48.2 Å². The van der Waals surface area contributed by atoms with Crippen molar-refractivity contribution in [3.63, 3.8) is 0 Å². The first-order chi connectivity index (χ1) is 6.40. The van der Waals surface area contributed by atoms with Crippen LogP contribution in [0.3, 0.4) is 0 Å². The van der Waals surface area contributed by atoms with E-state index in [0.29, 0.717) is 5.56 Å². The lowest BCUT2D eigenvalue weighted by Gasteiger charge is -1.94. The van der Waals surface area contributed by atoms with E-state index in [1.165, 1.54) is 0 Å². The van der Waals surface area contributed by atoms with Crippen LogP contribution in [-0.4, -0.2) is 11.3 Å². The smallest absolute Gasteiger partial charge is 0.151 e. The molecule has 13 heavy (non-hydrogen) atoms. The Bertz CT molecular complexity index is 403. The van der Waals surface area contributed by atoms with Gasteiger partial charge in [-0.3, -0.25) is 4.79 Å². The van der Waals surface area contributed by atoms with Crippen molar-refractivity contribution in [2.75, 3.05) is 0 Å². The second kappa shape index (κ2) is 3.27. The molecule has 64 valence electrons. The van der Waals surface area contributed by atoms with Crippen LogP contribution in [0.4, 0.5) is 0 Å². The molecule has 0 bridgehead atoms. The molecule has 0 saturated carbocycles. The molecule has 0 spiro atoms. The molecule has 1 N–H and O–H groups in total. The highest BCUT2D eigenvalue weighted by atomic mass is 16.1. The van der Waals surface area contributed by atoms with Gasteiger partial charge >= 0.3 is 0 Å². The van der Waals surface area contributed by atoms with Crippen LogP contribution in [0.15, 0.2) is 42.6 Å². The summed E-state index contributed by atoms with van der Waals surface area (Å²) < 4.78 is 0. The molecular formula is C11H9NO. The maximum atomic E-state index is 10.4. The lowest BCUT2D eigenvalue weighted by atomic mass is 10.1. The molecule has 0 aliphatic heterocycles. The van der Waals surface area contributed by atoms with E-state index in [0.717, 1.165) is 17.5 Å². The summed E-state index contributed by atoms with van der Waals surface area (Å²) in [4.78, 5) is 13.5. The van der Waals surface area contributed by atoms with Crippen LogP contribution in [0, 0.1) is 0 Å². The third-order valence-corrected chi connectivity index (χ3v) is 1.93. The highest BCUT2D eigenvalue weighted by molar-refractivity contribution is 5.78. The summed E-state index contributed by atoms with van der Waals surface area (Å²) in [6, 6.07) is 11.7. The Morgan fingerprint density at radius 1 is 1.15 bits per heavy atom. The van der Waals surface area contributed by atoms with E-state index in [2.05, 4.69) is 4.98 Å². The zero-order chi connectivity index (χ0) is 9.10. The van der Waals surface area contributed by atoms with Crippen LogP contribution in [0.5, 0.6) is 0 Å². The van der Waals surface area contributed by atoms with E-state index >= 15 is 0 Å². The second-order valence-corrected chi connectivity index (χ2v) is 2.83. The molecule has 0 radical (unpaired) electrons. The molecule has 2 rings (SSSR count). The summed E-state index contributed by atoms with van der Waals surface area (Å²) in [5.41, 5.74) is 2.75. The molecule has 0 fully saturated rings. The van der Waals surface area contributed by atoms with Crippen LogP contribution >= 0.6 is 0 Å². The molecule has 2 heteroatoms. The van der Waals surface area contributed by atoms with Gasteiger partial charge in [-0.15, -0.1) is 0 Å². The Balaban J connectivity index is 2.41. The van der Waals surface area contributed by atoms with Crippen LogP contribution in [0.1, 0.15) is 10.4 Å². The van der Waals surface area contributed by atoms with E-state index in [1.807, 2.05) is 36.4 Å². The van der Waals surface area contributed by atoms with Crippen molar-refractivity contribution in [3.8, 4) is 11.3 Å². The van der Waals surface area contributed by atoms with Gasteiger partial charge in [0.2, 0.25) is 0 Å². The molecule has 1 aromatic carbocycles. The average Bonchev–Trinajstić information content (AvgIpc) is 2.67. The first kappa shape index (κ1) is 7.80. The Labute approximate surface area is 76.2 Å². The van der Waals surface area contributed by atoms with Crippen molar-refractivity contribution in [1.82, 2.24) is 4.98 Å². The lowest BCUT2D eigenvalue weighted by molar-refractivity contribution is 0.112. The highest BCUT2D eigenvalue weighted by Gasteiger charge is 1.99. The summed E-state index contributed by atoms with van der Waals surface area (Å²) in [5.74, 6) is 0. The quantitative estimate of drug-likeness (QED) is 0.692. The minimum Gasteiger partial charge on any atom is -0.360 e. The standard InChI is InChI=1S/C11H9NO/c13-8-9-6-11(12-7-9)10-4-2-1-3-5-10/h1-8,12H. The molecular weight excluding hydrogens is 162 g/mol. The number of rotatable bonds is 2. The van der Waals surface area contributed by atoms with Gasteiger partial charge in [0.15, 0.2) is 6.29 Å². The first-order valence-corrected chi connectivity index (χ1v) is 4.09. The number of carbonyl (C=O) groups excluding carboxylic acids is 1. The van der Waals surface area contributed by atoms with Crippen LogP contribution in [-0.2, 0) is 0 Å². The summed E-state index contributed by atoms with van der Waals surface area (Å²) >= 11 is 0. The van der Waals surface area contributed by atoms with E-state index < -0.39 is 0 Å². The monoisotopic (exact) mass is 171 g/mol. The molecule has 0 aliphatic carbocycles. The summed E-state index contributed by atoms with van der Waals surface area (Å²) in [5, 5.41) is 0. The van der Waals surface area contributed by atoms with Crippen molar-refractivity contribution in [2.45, 2.75) is 0 Å². The van der Waals surface area contributed by atoms with E-state index in [9.17, 15) is 4.79 Å². The molecule has 2 aromatic rings. The Kier molecular flexibility index (Phi) is 1.96. The molecule has 1 heterocycles.